The molecule has 0 heterocycles. The quantitative estimate of drug-likeness (QED) is 0.233. The van der Waals surface area contributed by atoms with Crippen molar-refractivity contribution in [3.05, 3.63) is 0 Å². The average Bonchev–Trinajstić information content (AvgIpc) is 2.41. The summed E-state index contributed by atoms with van der Waals surface area (Å²) in [6.45, 7) is 4.10. The molecule has 0 aliphatic carbocycles. The van der Waals surface area contributed by atoms with Crippen LogP contribution in [-0.2, 0) is 4.79 Å². The largest absolute Gasteiger partial charge is 1.00 e. The molecular weight excluding hydrogens is 277 g/mol. The zero-order chi connectivity index (χ0) is 15.2. The zero-order valence-corrected chi connectivity index (χ0v) is 16.1. The van der Waals surface area contributed by atoms with Crippen molar-refractivity contribution in [1.82, 2.24) is 0 Å². The number of carbonyl (C=O) groups is 1. The van der Waals surface area contributed by atoms with Gasteiger partial charge < -0.3 is 10.2 Å². The molecule has 0 bridgehead atoms. The second kappa shape index (κ2) is 16.3. The number of nitrogens with zero attached hydrogens (tertiary/aromatic N) is 1. The number of carboxylic acid groups (broad SMARTS) is 1. The molecule has 1 atom stereocenters. The van der Waals surface area contributed by atoms with Gasteiger partial charge in [0.05, 0.1) is 0 Å². The van der Waals surface area contributed by atoms with Gasteiger partial charge in [-0.1, -0.05) is 65.2 Å². The molecule has 0 spiro atoms. The molecule has 0 aliphatic heterocycles. The smallest absolute Gasteiger partial charge is 0.862 e. The van der Waals surface area contributed by atoms with Gasteiger partial charge in [0.1, 0.15) is 6.04 Å². The van der Waals surface area contributed by atoms with Crippen LogP contribution in [0.25, 0.3) is 0 Å². The molecule has 0 unspecified atom stereocenters. The van der Waals surface area contributed by atoms with Gasteiger partial charge in [-0.25, -0.2) is 4.79 Å². The van der Waals surface area contributed by atoms with Gasteiger partial charge in [-0.2, -0.15) is 0 Å². The minimum Gasteiger partial charge on any atom is -0.862 e. The van der Waals surface area contributed by atoms with Crippen molar-refractivity contribution in [2.24, 2.45) is 4.99 Å². The van der Waals surface area contributed by atoms with Crippen molar-refractivity contribution in [3.8, 4) is 0 Å². The SMILES string of the molecule is CCCCCCCCCCC([O-])=N[C@@H](CCC)C(=O)O.[Na+]. The average molecular weight is 307 g/mol. The number of aliphatic imine (C=N–C) groups is 1. The summed E-state index contributed by atoms with van der Waals surface area (Å²) in [5, 5.41) is 20.5. The number of carboxylic acids is 1. The second-order valence-electron chi connectivity index (χ2n) is 5.39. The maximum Gasteiger partial charge on any atom is 1.00 e. The van der Waals surface area contributed by atoms with Crippen LogP contribution in [0.3, 0.4) is 0 Å². The van der Waals surface area contributed by atoms with Crippen LogP contribution in [0.15, 0.2) is 4.99 Å². The molecule has 1 N–H and O–H groups in total. The minimum atomic E-state index is -0.990. The van der Waals surface area contributed by atoms with Gasteiger partial charge in [0, 0.05) is 0 Å². The third-order valence-electron chi connectivity index (χ3n) is 3.39. The Hall–Kier alpha value is -0.0600. The van der Waals surface area contributed by atoms with Crippen molar-refractivity contribution in [2.75, 3.05) is 0 Å². The van der Waals surface area contributed by atoms with Gasteiger partial charge in [0.2, 0.25) is 0 Å². The van der Waals surface area contributed by atoms with Gasteiger partial charge in [0.25, 0.3) is 0 Å². The maximum atomic E-state index is 11.6. The van der Waals surface area contributed by atoms with E-state index in [2.05, 4.69) is 11.9 Å². The Labute approximate surface area is 151 Å². The number of hydrogen-bond acceptors (Lipinski definition) is 3. The van der Waals surface area contributed by atoms with Gasteiger partial charge in [-0.3, -0.25) is 4.99 Å². The fraction of sp³-hybridized carbons (Fsp3) is 0.875. The fourth-order valence-corrected chi connectivity index (χ4v) is 2.17. The molecule has 118 valence electrons. The van der Waals surface area contributed by atoms with Gasteiger partial charge in [-0.05, 0) is 25.2 Å². The third-order valence-corrected chi connectivity index (χ3v) is 3.39. The standard InChI is InChI=1S/C16H31NO3.Na/c1-3-5-6-7-8-9-10-11-13-15(18)17-14(12-4-2)16(19)20;/h14H,3-13H2,1-2H3,(H,17,18)(H,19,20);/q;+1/p-1/t14-;/m0./s1. The molecule has 0 fully saturated rings. The molecule has 0 amide bonds. The maximum absolute atomic E-state index is 11.6. The van der Waals surface area contributed by atoms with E-state index in [1.165, 1.54) is 32.1 Å². The monoisotopic (exact) mass is 307 g/mol. The summed E-state index contributed by atoms with van der Waals surface area (Å²) in [6.07, 6.45) is 11.0. The summed E-state index contributed by atoms with van der Waals surface area (Å²) in [6, 6.07) is -0.846. The van der Waals surface area contributed by atoms with Crippen molar-refractivity contribution < 1.29 is 44.6 Å². The van der Waals surface area contributed by atoms with Crippen LogP contribution >= 0.6 is 0 Å². The minimum absolute atomic E-state index is 0. The first kappa shape index (κ1) is 23.2. The summed E-state index contributed by atoms with van der Waals surface area (Å²) >= 11 is 0. The van der Waals surface area contributed by atoms with Crippen LogP contribution < -0.4 is 34.7 Å². The molecule has 5 heteroatoms. The first-order chi connectivity index (χ1) is 9.61. The number of aliphatic carboxylic acids is 1. The summed E-state index contributed by atoms with van der Waals surface area (Å²) < 4.78 is 0. The van der Waals surface area contributed by atoms with E-state index in [0.717, 1.165) is 25.7 Å². The first-order valence-electron chi connectivity index (χ1n) is 8.08. The summed E-state index contributed by atoms with van der Waals surface area (Å²) in [4.78, 5) is 14.7. The Morgan fingerprint density at radius 2 is 1.52 bits per heavy atom. The van der Waals surface area contributed by atoms with Crippen molar-refractivity contribution in [2.45, 2.75) is 90.5 Å². The molecule has 0 saturated heterocycles. The van der Waals surface area contributed by atoms with E-state index in [1.807, 2.05) is 6.92 Å². The van der Waals surface area contributed by atoms with Crippen LogP contribution in [-0.4, -0.2) is 23.0 Å². The Bertz CT molecular complexity index is 283. The second-order valence-corrected chi connectivity index (χ2v) is 5.39. The van der Waals surface area contributed by atoms with E-state index in [0.29, 0.717) is 12.8 Å². The summed E-state index contributed by atoms with van der Waals surface area (Å²) in [7, 11) is 0. The summed E-state index contributed by atoms with van der Waals surface area (Å²) in [5.41, 5.74) is 0. The number of unbranched alkanes of at least 4 members (excludes halogenated alkanes) is 7. The van der Waals surface area contributed by atoms with E-state index < -0.39 is 12.0 Å². The Morgan fingerprint density at radius 3 is 2.00 bits per heavy atom. The van der Waals surface area contributed by atoms with Crippen molar-refractivity contribution in [1.29, 1.82) is 0 Å². The van der Waals surface area contributed by atoms with E-state index in [9.17, 15) is 9.90 Å². The predicted molar refractivity (Wildman–Crippen MR) is 81.0 cm³/mol. The van der Waals surface area contributed by atoms with Crippen LogP contribution in [0, 0.1) is 0 Å². The van der Waals surface area contributed by atoms with Crippen molar-refractivity contribution >= 4 is 11.9 Å². The van der Waals surface area contributed by atoms with Crippen molar-refractivity contribution in [3.63, 3.8) is 0 Å². The Kier molecular flexibility index (Phi) is 18.0. The molecule has 0 rings (SSSR count). The normalized spacial score (nSPS) is 12.8. The van der Waals surface area contributed by atoms with Crippen LogP contribution in [0.4, 0.5) is 0 Å². The van der Waals surface area contributed by atoms with Gasteiger partial charge >= 0.3 is 35.5 Å². The topological polar surface area (TPSA) is 72.7 Å². The molecule has 4 nitrogen and oxygen atoms in total. The number of hydrogen-bond donors (Lipinski definition) is 1. The van der Waals surface area contributed by atoms with Gasteiger partial charge in [-0.15, -0.1) is 0 Å². The van der Waals surface area contributed by atoms with E-state index in [4.69, 9.17) is 5.11 Å². The molecule has 0 aromatic rings. The van der Waals surface area contributed by atoms with E-state index in [-0.39, 0.29) is 35.5 Å². The number of rotatable bonds is 13. The molecule has 0 saturated carbocycles. The summed E-state index contributed by atoms with van der Waals surface area (Å²) in [5.74, 6) is -1.24. The Morgan fingerprint density at radius 1 is 1.00 bits per heavy atom. The molecule has 0 aromatic heterocycles. The molecular formula is C16H30NNaO3. The third kappa shape index (κ3) is 14.6. The molecule has 21 heavy (non-hydrogen) atoms. The molecule has 0 aliphatic rings. The first-order valence-corrected chi connectivity index (χ1v) is 8.08. The Balaban J connectivity index is 0. The van der Waals surface area contributed by atoms with Crippen LogP contribution in [0.2, 0.25) is 0 Å². The molecule has 0 aromatic carbocycles. The fourth-order valence-electron chi connectivity index (χ4n) is 2.17. The van der Waals surface area contributed by atoms with Crippen LogP contribution in [0.1, 0.15) is 84.5 Å². The van der Waals surface area contributed by atoms with Crippen LogP contribution in [0.5, 0.6) is 0 Å². The molecule has 0 radical (unpaired) electrons. The van der Waals surface area contributed by atoms with E-state index >= 15 is 0 Å². The predicted octanol–water partition coefficient (Wildman–Crippen LogP) is 0.533. The van der Waals surface area contributed by atoms with Gasteiger partial charge in [0.15, 0.2) is 0 Å². The zero-order valence-electron chi connectivity index (χ0n) is 14.1. The van der Waals surface area contributed by atoms with E-state index in [1.54, 1.807) is 0 Å².